The van der Waals surface area contributed by atoms with Crippen LogP contribution in [0, 0.1) is 11.8 Å². The minimum absolute atomic E-state index is 0.0496. The summed E-state index contributed by atoms with van der Waals surface area (Å²) in [7, 11) is 1.49. The Hall–Kier alpha value is -3.63. The molecule has 0 aromatic heterocycles. The van der Waals surface area contributed by atoms with Gasteiger partial charge in [-0.15, -0.1) is 0 Å². The average molecular weight is 610 g/mol. The first-order chi connectivity index (χ1) is 20.8. The van der Waals surface area contributed by atoms with Crippen molar-refractivity contribution >= 4 is 40.9 Å². The first kappa shape index (κ1) is 30.8. The maximum Gasteiger partial charge on any atom is 0.261 e. The van der Waals surface area contributed by atoms with E-state index in [0.717, 1.165) is 58.2 Å². The van der Waals surface area contributed by atoms with Gasteiger partial charge in [-0.3, -0.25) is 24.1 Å². The lowest BCUT2D eigenvalue weighted by molar-refractivity contribution is -0.138. The number of nitrogens with zero attached hydrogens (tertiary/aromatic N) is 3. The number of halogens is 1. The normalized spacial score (nSPS) is 18.2. The molecule has 0 atom stereocenters. The van der Waals surface area contributed by atoms with Crippen molar-refractivity contribution in [2.24, 2.45) is 11.8 Å². The van der Waals surface area contributed by atoms with E-state index in [1.165, 1.54) is 18.1 Å². The number of nitrogens with one attached hydrogen (secondary N) is 1. The number of benzene rings is 2. The number of carbonyl (C=O) groups is 4. The predicted molar refractivity (Wildman–Crippen MR) is 164 cm³/mol. The highest BCUT2D eigenvalue weighted by atomic mass is 35.5. The van der Waals surface area contributed by atoms with E-state index in [9.17, 15) is 19.2 Å². The monoisotopic (exact) mass is 609 g/mol. The Morgan fingerprint density at radius 1 is 0.953 bits per heavy atom. The van der Waals surface area contributed by atoms with Crippen LogP contribution in [0.2, 0.25) is 5.02 Å². The van der Waals surface area contributed by atoms with Crippen LogP contribution >= 0.6 is 11.6 Å². The lowest BCUT2D eigenvalue weighted by atomic mass is 9.92. The number of likely N-dealkylation sites (tertiary alicyclic amines) is 2. The molecule has 0 bridgehead atoms. The third-order valence-electron chi connectivity index (χ3n) is 8.96. The van der Waals surface area contributed by atoms with Crippen LogP contribution in [0.4, 0.5) is 5.69 Å². The maximum absolute atomic E-state index is 13.2. The number of carbonyl (C=O) groups excluding carboxylic acids is 4. The number of ether oxygens (including phenoxy) is 1. The fourth-order valence-electron chi connectivity index (χ4n) is 6.31. The number of anilines is 1. The Morgan fingerprint density at radius 3 is 2.21 bits per heavy atom. The largest absolute Gasteiger partial charge is 0.496 e. The van der Waals surface area contributed by atoms with E-state index in [0.29, 0.717) is 65.2 Å². The predicted octanol–water partition coefficient (Wildman–Crippen LogP) is 3.69. The summed E-state index contributed by atoms with van der Waals surface area (Å²) >= 11 is 6.10. The molecule has 2 fully saturated rings. The van der Waals surface area contributed by atoms with Crippen LogP contribution in [0.25, 0.3) is 0 Å². The number of hydrogen-bond acceptors (Lipinski definition) is 7. The minimum Gasteiger partial charge on any atom is -0.496 e. The molecule has 10 nitrogen and oxygen atoms in total. The number of amides is 4. The molecular weight excluding hydrogens is 570 g/mol. The third kappa shape index (κ3) is 6.96. The van der Waals surface area contributed by atoms with Crippen LogP contribution < -0.4 is 15.8 Å². The summed E-state index contributed by atoms with van der Waals surface area (Å²) in [6, 6.07) is 10.1. The van der Waals surface area contributed by atoms with Crippen LogP contribution in [-0.4, -0.2) is 91.3 Å². The number of rotatable bonds is 10. The van der Waals surface area contributed by atoms with Gasteiger partial charge in [-0.1, -0.05) is 23.7 Å². The average Bonchev–Trinajstić information content (AvgIpc) is 3.28. The zero-order chi connectivity index (χ0) is 30.5. The standard InChI is InChI=1S/C32H40ClN5O5/c1-43-28-19-27(34)26(33)18-25(28)29(39)35-20-21-8-16-37(17-9-21)30(40)22-10-14-36(15-11-22)12-4-5-13-38-31(41)23-6-2-3-7-24(23)32(38)42/h2-3,6-7,18-19,21-22H,4-5,8-17,20,34H2,1H3,(H,35,39). The van der Waals surface area contributed by atoms with Gasteiger partial charge >= 0.3 is 0 Å². The van der Waals surface area contributed by atoms with Gasteiger partial charge in [0.15, 0.2) is 0 Å². The molecule has 3 aliphatic rings. The molecule has 3 aliphatic heterocycles. The second-order valence-electron chi connectivity index (χ2n) is 11.7. The van der Waals surface area contributed by atoms with Crippen LogP contribution in [0.1, 0.15) is 69.6 Å². The number of nitrogen functional groups attached to an aromatic ring is 1. The number of fused-ring (bicyclic) bond motifs is 1. The molecule has 0 saturated carbocycles. The van der Waals surface area contributed by atoms with Gasteiger partial charge < -0.3 is 25.6 Å². The molecule has 0 aliphatic carbocycles. The Morgan fingerprint density at radius 2 is 1.58 bits per heavy atom. The summed E-state index contributed by atoms with van der Waals surface area (Å²) in [4.78, 5) is 56.8. The van der Waals surface area contributed by atoms with Gasteiger partial charge in [0.1, 0.15) is 5.75 Å². The third-order valence-corrected chi connectivity index (χ3v) is 9.29. The van der Waals surface area contributed by atoms with E-state index in [-0.39, 0.29) is 29.5 Å². The number of nitrogens with two attached hydrogens (primary N) is 1. The molecule has 2 aromatic carbocycles. The summed E-state index contributed by atoms with van der Waals surface area (Å²) in [6.45, 7) is 5.02. The fraction of sp³-hybridized carbons (Fsp3) is 0.500. The number of hydrogen-bond donors (Lipinski definition) is 2. The van der Waals surface area contributed by atoms with Gasteiger partial charge in [-0.05, 0) is 82.3 Å². The van der Waals surface area contributed by atoms with Gasteiger partial charge in [-0.25, -0.2) is 0 Å². The van der Waals surface area contributed by atoms with Crippen molar-refractivity contribution in [2.75, 3.05) is 58.7 Å². The summed E-state index contributed by atoms with van der Waals surface area (Å²) in [5.41, 5.74) is 7.52. The number of methoxy groups -OCH3 is 1. The second-order valence-corrected chi connectivity index (χ2v) is 12.1. The molecule has 3 N–H and O–H groups in total. The van der Waals surface area contributed by atoms with Crippen LogP contribution in [-0.2, 0) is 4.79 Å². The zero-order valence-electron chi connectivity index (χ0n) is 24.6. The molecule has 0 unspecified atom stereocenters. The highest BCUT2D eigenvalue weighted by Gasteiger charge is 2.35. The van der Waals surface area contributed by atoms with E-state index in [4.69, 9.17) is 22.1 Å². The molecule has 43 heavy (non-hydrogen) atoms. The molecule has 4 amide bonds. The quantitative estimate of drug-likeness (QED) is 0.239. The van der Waals surface area contributed by atoms with Crippen molar-refractivity contribution in [3.8, 4) is 5.75 Å². The van der Waals surface area contributed by atoms with Crippen molar-refractivity contribution in [3.63, 3.8) is 0 Å². The molecule has 230 valence electrons. The second kappa shape index (κ2) is 13.8. The minimum atomic E-state index is -0.257. The molecule has 0 spiro atoms. The zero-order valence-corrected chi connectivity index (χ0v) is 25.4. The molecular formula is C32H40ClN5O5. The molecule has 5 rings (SSSR count). The first-order valence-corrected chi connectivity index (χ1v) is 15.5. The van der Waals surface area contributed by atoms with E-state index < -0.39 is 0 Å². The van der Waals surface area contributed by atoms with Gasteiger partial charge in [0.05, 0.1) is 34.5 Å². The van der Waals surface area contributed by atoms with Gasteiger partial charge in [0.2, 0.25) is 5.91 Å². The van der Waals surface area contributed by atoms with Crippen molar-refractivity contribution in [3.05, 3.63) is 58.1 Å². The summed E-state index contributed by atoms with van der Waals surface area (Å²) in [5, 5.41) is 3.29. The van der Waals surface area contributed by atoms with Crippen molar-refractivity contribution < 1.29 is 23.9 Å². The van der Waals surface area contributed by atoms with Gasteiger partial charge in [0, 0.05) is 38.2 Å². The SMILES string of the molecule is COc1cc(N)c(Cl)cc1C(=O)NCC1CCN(C(=O)C2CCN(CCCCN3C(=O)c4ccccc4C3=O)CC2)CC1. The molecule has 3 heterocycles. The maximum atomic E-state index is 13.2. The Balaban J connectivity index is 0.977. The molecule has 11 heteroatoms. The summed E-state index contributed by atoms with van der Waals surface area (Å²) in [5.74, 6) is 0.323. The van der Waals surface area contributed by atoms with Crippen molar-refractivity contribution in [1.82, 2.24) is 20.0 Å². The van der Waals surface area contributed by atoms with E-state index in [1.807, 2.05) is 4.90 Å². The highest BCUT2D eigenvalue weighted by molar-refractivity contribution is 6.33. The smallest absolute Gasteiger partial charge is 0.261 e. The first-order valence-electron chi connectivity index (χ1n) is 15.1. The lowest BCUT2D eigenvalue weighted by Gasteiger charge is -2.37. The summed E-state index contributed by atoms with van der Waals surface area (Å²) < 4.78 is 5.29. The highest BCUT2D eigenvalue weighted by Crippen LogP contribution is 2.29. The molecule has 0 radical (unpaired) electrons. The van der Waals surface area contributed by atoms with Gasteiger partial charge in [0.25, 0.3) is 17.7 Å². The summed E-state index contributed by atoms with van der Waals surface area (Å²) in [6.07, 6.45) is 5.04. The lowest BCUT2D eigenvalue weighted by Crippen LogP contribution is -2.46. The van der Waals surface area contributed by atoms with Crippen LogP contribution in [0.5, 0.6) is 5.75 Å². The van der Waals surface area contributed by atoms with E-state index >= 15 is 0 Å². The molecule has 2 saturated heterocycles. The number of unbranched alkanes of at least 4 members (excludes halogenated alkanes) is 1. The van der Waals surface area contributed by atoms with Crippen LogP contribution in [0.15, 0.2) is 36.4 Å². The number of piperidine rings is 2. The Labute approximate surface area is 257 Å². The van der Waals surface area contributed by atoms with E-state index in [2.05, 4.69) is 10.2 Å². The van der Waals surface area contributed by atoms with Crippen molar-refractivity contribution in [2.45, 2.75) is 38.5 Å². The molecule has 2 aromatic rings. The Kier molecular flexibility index (Phi) is 9.87. The Bertz CT molecular complexity index is 1330. The van der Waals surface area contributed by atoms with Crippen molar-refractivity contribution in [1.29, 1.82) is 0 Å². The van der Waals surface area contributed by atoms with Crippen LogP contribution in [0.3, 0.4) is 0 Å². The fourth-order valence-corrected chi connectivity index (χ4v) is 6.48. The van der Waals surface area contributed by atoms with E-state index in [1.54, 1.807) is 30.3 Å². The van der Waals surface area contributed by atoms with Gasteiger partial charge in [-0.2, -0.15) is 0 Å². The number of imide groups is 1. The topological polar surface area (TPSA) is 125 Å².